The summed E-state index contributed by atoms with van der Waals surface area (Å²) in [4.78, 5) is 12.3. The second-order valence-corrected chi connectivity index (χ2v) is 6.10. The molecule has 0 aliphatic heterocycles. The van der Waals surface area contributed by atoms with Crippen molar-refractivity contribution in [3.8, 4) is 11.4 Å². The van der Waals surface area contributed by atoms with Crippen molar-refractivity contribution in [1.82, 2.24) is 20.1 Å². The summed E-state index contributed by atoms with van der Waals surface area (Å²) in [5.41, 5.74) is 1.11. The lowest BCUT2D eigenvalue weighted by molar-refractivity contribution is 0.0949. The minimum absolute atomic E-state index is 0.162. The Hall–Kier alpha value is -2.87. The Morgan fingerprint density at radius 1 is 1.23 bits per heavy atom. The SMILES string of the molecule is COc1ccc(C(=O)NCc2nnc(SC)n2-c2cccc(F)c2)cc1. The molecule has 3 rings (SSSR count). The van der Waals surface area contributed by atoms with E-state index in [2.05, 4.69) is 15.5 Å². The molecule has 0 fully saturated rings. The zero-order chi connectivity index (χ0) is 18.5. The predicted octanol–water partition coefficient (Wildman–Crippen LogP) is 3.07. The smallest absolute Gasteiger partial charge is 0.251 e. The van der Waals surface area contributed by atoms with E-state index in [1.54, 1.807) is 48.1 Å². The Morgan fingerprint density at radius 2 is 2.00 bits per heavy atom. The molecule has 8 heteroatoms. The van der Waals surface area contributed by atoms with Crippen LogP contribution in [0.2, 0.25) is 0 Å². The number of carbonyl (C=O) groups excluding carboxylic acids is 1. The van der Waals surface area contributed by atoms with Gasteiger partial charge in [-0.1, -0.05) is 17.8 Å². The quantitative estimate of drug-likeness (QED) is 0.674. The van der Waals surface area contributed by atoms with Gasteiger partial charge in [-0.05, 0) is 48.7 Å². The van der Waals surface area contributed by atoms with E-state index in [-0.39, 0.29) is 18.3 Å². The highest BCUT2D eigenvalue weighted by Gasteiger charge is 2.15. The molecule has 1 N–H and O–H groups in total. The largest absolute Gasteiger partial charge is 0.497 e. The monoisotopic (exact) mass is 372 g/mol. The van der Waals surface area contributed by atoms with Crippen LogP contribution in [0.1, 0.15) is 16.2 Å². The standard InChI is InChI=1S/C18H17FN4O2S/c1-25-15-8-6-12(7-9-15)17(24)20-11-16-21-22-18(26-2)23(16)14-5-3-4-13(19)10-14/h3-10H,11H2,1-2H3,(H,20,24). The summed E-state index contributed by atoms with van der Waals surface area (Å²) in [6, 6.07) is 13.0. The number of rotatable bonds is 6. The molecule has 0 aliphatic rings. The molecular weight excluding hydrogens is 355 g/mol. The molecule has 6 nitrogen and oxygen atoms in total. The van der Waals surface area contributed by atoms with Gasteiger partial charge in [-0.2, -0.15) is 0 Å². The van der Waals surface area contributed by atoms with E-state index in [1.165, 1.54) is 23.9 Å². The lowest BCUT2D eigenvalue weighted by atomic mass is 10.2. The zero-order valence-corrected chi connectivity index (χ0v) is 15.1. The number of carbonyl (C=O) groups is 1. The van der Waals surface area contributed by atoms with E-state index in [0.717, 1.165) is 0 Å². The molecule has 2 aromatic carbocycles. The topological polar surface area (TPSA) is 69.0 Å². The van der Waals surface area contributed by atoms with Gasteiger partial charge in [0.25, 0.3) is 5.91 Å². The number of aromatic nitrogens is 3. The predicted molar refractivity (Wildman–Crippen MR) is 97.3 cm³/mol. The molecular formula is C18H17FN4O2S. The molecule has 1 aromatic heterocycles. The van der Waals surface area contributed by atoms with Gasteiger partial charge in [-0.15, -0.1) is 10.2 Å². The van der Waals surface area contributed by atoms with Crippen LogP contribution in [0.4, 0.5) is 4.39 Å². The van der Waals surface area contributed by atoms with E-state index in [9.17, 15) is 9.18 Å². The molecule has 134 valence electrons. The first-order valence-corrected chi connectivity index (χ1v) is 9.01. The van der Waals surface area contributed by atoms with Crippen molar-refractivity contribution >= 4 is 17.7 Å². The highest BCUT2D eigenvalue weighted by atomic mass is 32.2. The molecule has 0 aliphatic carbocycles. The lowest BCUT2D eigenvalue weighted by Crippen LogP contribution is -2.24. The number of nitrogens with one attached hydrogen (secondary N) is 1. The van der Waals surface area contributed by atoms with Gasteiger partial charge in [-0.25, -0.2) is 4.39 Å². The second-order valence-electron chi connectivity index (χ2n) is 5.33. The molecule has 0 saturated carbocycles. The molecule has 0 atom stereocenters. The van der Waals surface area contributed by atoms with Crippen molar-refractivity contribution in [1.29, 1.82) is 0 Å². The fourth-order valence-electron chi connectivity index (χ4n) is 2.43. The number of hydrogen-bond acceptors (Lipinski definition) is 5. The maximum absolute atomic E-state index is 13.6. The summed E-state index contributed by atoms with van der Waals surface area (Å²) in [6.07, 6.45) is 1.86. The van der Waals surface area contributed by atoms with Crippen LogP contribution in [0.5, 0.6) is 5.75 Å². The maximum Gasteiger partial charge on any atom is 0.251 e. The van der Waals surface area contributed by atoms with Crippen LogP contribution < -0.4 is 10.1 Å². The molecule has 0 radical (unpaired) electrons. The average Bonchev–Trinajstić information content (AvgIpc) is 3.09. The molecule has 1 amide bonds. The highest BCUT2D eigenvalue weighted by Crippen LogP contribution is 2.20. The Kier molecular flexibility index (Phi) is 5.52. The van der Waals surface area contributed by atoms with Crippen LogP contribution in [0.15, 0.2) is 53.7 Å². The van der Waals surface area contributed by atoms with Crippen molar-refractivity contribution in [2.45, 2.75) is 11.7 Å². The van der Waals surface area contributed by atoms with Crippen LogP contribution in [-0.2, 0) is 6.54 Å². The lowest BCUT2D eigenvalue weighted by Gasteiger charge is -2.10. The van der Waals surface area contributed by atoms with Gasteiger partial charge in [0.15, 0.2) is 11.0 Å². The third-order valence-electron chi connectivity index (χ3n) is 3.71. The number of benzene rings is 2. The van der Waals surface area contributed by atoms with Crippen LogP contribution in [0.3, 0.4) is 0 Å². The number of amides is 1. The zero-order valence-electron chi connectivity index (χ0n) is 14.3. The summed E-state index contributed by atoms with van der Waals surface area (Å²) in [7, 11) is 1.57. The molecule has 0 bridgehead atoms. The van der Waals surface area contributed by atoms with Crippen molar-refractivity contribution in [3.63, 3.8) is 0 Å². The van der Waals surface area contributed by atoms with Crippen LogP contribution in [0.25, 0.3) is 5.69 Å². The van der Waals surface area contributed by atoms with Crippen LogP contribution >= 0.6 is 11.8 Å². The summed E-state index contributed by atoms with van der Waals surface area (Å²) in [5, 5.41) is 11.6. The van der Waals surface area contributed by atoms with Gasteiger partial charge in [-0.3, -0.25) is 9.36 Å². The van der Waals surface area contributed by atoms with E-state index in [4.69, 9.17) is 4.74 Å². The van der Waals surface area contributed by atoms with Gasteiger partial charge < -0.3 is 10.1 Å². The fraction of sp³-hybridized carbons (Fsp3) is 0.167. The molecule has 0 saturated heterocycles. The molecule has 0 unspecified atom stereocenters. The number of methoxy groups -OCH3 is 1. The number of hydrogen-bond donors (Lipinski definition) is 1. The van der Waals surface area contributed by atoms with Gasteiger partial charge in [0, 0.05) is 5.56 Å². The first-order chi connectivity index (χ1) is 12.6. The van der Waals surface area contributed by atoms with Gasteiger partial charge in [0.1, 0.15) is 11.6 Å². The average molecular weight is 372 g/mol. The fourth-order valence-corrected chi connectivity index (χ4v) is 2.94. The second kappa shape index (κ2) is 8.01. The third-order valence-corrected chi connectivity index (χ3v) is 4.34. The Labute approximate surface area is 154 Å². The Morgan fingerprint density at radius 3 is 2.65 bits per heavy atom. The summed E-state index contributed by atoms with van der Waals surface area (Å²) >= 11 is 1.39. The first-order valence-electron chi connectivity index (χ1n) is 7.79. The van der Waals surface area contributed by atoms with Gasteiger partial charge in [0.2, 0.25) is 0 Å². The third kappa shape index (κ3) is 3.85. The van der Waals surface area contributed by atoms with Crippen molar-refractivity contribution < 1.29 is 13.9 Å². The van der Waals surface area contributed by atoms with E-state index >= 15 is 0 Å². The Bertz CT molecular complexity index is 912. The summed E-state index contributed by atoms with van der Waals surface area (Å²) in [6.45, 7) is 0.162. The van der Waals surface area contributed by atoms with Crippen molar-refractivity contribution in [3.05, 3.63) is 65.7 Å². The minimum Gasteiger partial charge on any atom is -0.497 e. The van der Waals surface area contributed by atoms with E-state index < -0.39 is 0 Å². The van der Waals surface area contributed by atoms with E-state index in [0.29, 0.717) is 28.0 Å². The summed E-state index contributed by atoms with van der Waals surface area (Å²) < 4.78 is 20.4. The first kappa shape index (κ1) is 17.9. The maximum atomic E-state index is 13.6. The van der Waals surface area contributed by atoms with Gasteiger partial charge in [0.05, 0.1) is 19.3 Å². The molecule has 26 heavy (non-hydrogen) atoms. The van der Waals surface area contributed by atoms with E-state index in [1.807, 2.05) is 6.26 Å². The molecule has 3 aromatic rings. The normalized spacial score (nSPS) is 10.6. The van der Waals surface area contributed by atoms with Gasteiger partial charge >= 0.3 is 0 Å². The van der Waals surface area contributed by atoms with Crippen molar-refractivity contribution in [2.24, 2.45) is 0 Å². The van der Waals surface area contributed by atoms with Crippen LogP contribution in [0, 0.1) is 5.82 Å². The number of halogens is 1. The van der Waals surface area contributed by atoms with Crippen LogP contribution in [-0.4, -0.2) is 34.0 Å². The molecule has 1 heterocycles. The number of nitrogens with zero attached hydrogens (tertiary/aromatic N) is 3. The number of ether oxygens (including phenoxy) is 1. The Balaban J connectivity index is 1.79. The minimum atomic E-state index is -0.350. The summed E-state index contributed by atoms with van der Waals surface area (Å²) in [5.74, 6) is 0.599. The molecule has 0 spiro atoms. The van der Waals surface area contributed by atoms with Crippen molar-refractivity contribution in [2.75, 3.05) is 13.4 Å². The highest BCUT2D eigenvalue weighted by molar-refractivity contribution is 7.98. The number of thioether (sulfide) groups is 1.